The lowest BCUT2D eigenvalue weighted by Crippen LogP contribution is -2.13. The Bertz CT molecular complexity index is 623. The molecular weight excluding hydrogens is 351 g/mol. The van der Waals surface area contributed by atoms with Gasteiger partial charge in [-0.1, -0.05) is 45.2 Å². The fourth-order valence-electron chi connectivity index (χ4n) is 1.56. The molecule has 0 bridgehead atoms. The predicted octanol–water partition coefficient (Wildman–Crippen LogP) is 4.71. The summed E-state index contributed by atoms with van der Waals surface area (Å²) in [5.41, 5.74) is 1.75. The first-order valence-electron chi connectivity index (χ1n) is 5.37. The molecule has 0 spiro atoms. The van der Waals surface area contributed by atoms with Gasteiger partial charge in [0.05, 0.1) is 5.69 Å². The number of rotatable bonds is 2. The number of carbonyl (C=O) groups excluding carboxylic acids is 1. The fourth-order valence-corrected chi connectivity index (χ4v) is 2.54. The zero-order valence-corrected chi connectivity index (χ0v) is 13.0. The summed E-state index contributed by atoms with van der Waals surface area (Å²) in [4.78, 5) is 16.0. The molecule has 3 nitrogen and oxygen atoms in total. The third-order valence-corrected chi connectivity index (χ3v) is 3.43. The molecule has 0 unspecified atom stereocenters. The zero-order valence-electron chi connectivity index (χ0n) is 9.88. The summed E-state index contributed by atoms with van der Waals surface area (Å²) in [5.74, 6) is -0.254. The third-order valence-electron chi connectivity index (χ3n) is 2.47. The van der Waals surface area contributed by atoms with Crippen LogP contribution in [-0.2, 0) is 0 Å². The summed E-state index contributed by atoms with van der Waals surface area (Å²) >= 11 is 15.1. The second-order valence-electron chi connectivity index (χ2n) is 3.89. The lowest BCUT2D eigenvalue weighted by Gasteiger charge is -2.10. The van der Waals surface area contributed by atoms with Crippen molar-refractivity contribution in [3.05, 3.63) is 56.2 Å². The molecule has 6 heteroatoms. The number of hydrogen-bond donors (Lipinski definition) is 1. The standard InChI is InChI=1S/C13H9BrCl2N2O/c1-7-5-10(15)17-12(16)11(7)18-13(19)8-3-2-4-9(14)6-8/h2-6H,1H3,(H,18,19). The third kappa shape index (κ3) is 3.47. The number of benzene rings is 1. The van der Waals surface area contributed by atoms with E-state index in [9.17, 15) is 4.79 Å². The predicted molar refractivity (Wildman–Crippen MR) is 81.1 cm³/mol. The highest BCUT2D eigenvalue weighted by Crippen LogP contribution is 2.27. The Kier molecular flexibility index (Phi) is 4.45. The van der Waals surface area contributed by atoms with Gasteiger partial charge < -0.3 is 5.32 Å². The van der Waals surface area contributed by atoms with Crippen molar-refractivity contribution in [3.8, 4) is 0 Å². The van der Waals surface area contributed by atoms with Gasteiger partial charge in [-0.3, -0.25) is 4.79 Å². The summed E-state index contributed by atoms with van der Waals surface area (Å²) in [6, 6.07) is 8.71. The van der Waals surface area contributed by atoms with Gasteiger partial charge in [0.15, 0.2) is 5.15 Å². The minimum Gasteiger partial charge on any atom is -0.319 e. The van der Waals surface area contributed by atoms with E-state index < -0.39 is 0 Å². The van der Waals surface area contributed by atoms with Gasteiger partial charge in [0, 0.05) is 10.0 Å². The average Bonchev–Trinajstić information content (AvgIpc) is 2.33. The Hall–Kier alpha value is -1.10. The number of hydrogen-bond acceptors (Lipinski definition) is 2. The van der Waals surface area contributed by atoms with Crippen molar-refractivity contribution in [1.82, 2.24) is 4.98 Å². The Morgan fingerprint density at radius 2 is 2.05 bits per heavy atom. The number of carbonyl (C=O) groups is 1. The van der Waals surface area contributed by atoms with Gasteiger partial charge in [0.25, 0.3) is 5.91 Å². The average molecular weight is 360 g/mol. The van der Waals surface area contributed by atoms with Gasteiger partial charge >= 0.3 is 0 Å². The Balaban J connectivity index is 2.29. The Morgan fingerprint density at radius 3 is 2.68 bits per heavy atom. The van der Waals surface area contributed by atoms with Crippen molar-refractivity contribution in [1.29, 1.82) is 0 Å². The molecule has 1 heterocycles. The fraction of sp³-hybridized carbons (Fsp3) is 0.0769. The first-order valence-corrected chi connectivity index (χ1v) is 6.92. The van der Waals surface area contributed by atoms with Crippen LogP contribution in [0.15, 0.2) is 34.8 Å². The molecule has 0 aliphatic carbocycles. The first-order chi connectivity index (χ1) is 8.97. The lowest BCUT2D eigenvalue weighted by molar-refractivity contribution is 0.102. The second kappa shape index (κ2) is 5.90. The molecule has 0 aliphatic rings. The van der Waals surface area contributed by atoms with Crippen molar-refractivity contribution >= 4 is 50.7 Å². The summed E-state index contributed by atoms with van der Waals surface area (Å²) in [5, 5.41) is 3.21. The van der Waals surface area contributed by atoms with E-state index >= 15 is 0 Å². The summed E-state index contributed by atoms with van der Waals surface area (Å²) < 4.78 is 0.831. The maximum absolute atomic E-state index is 12.1. The number of halogens is 3. The highest BCUT2D eigenvalue weighted by atomic mass is 79.9. The van der Waals surface area contributed by atoms with Crippen LogP contribution in [0.3, 0.4) is 0 Å². The summed E-state index contributed by atoms with van der Waals surface area (Å²) in [7, 11) is 0. The maximum atomic E-state index is 12.1. The number of anilines is 1. The maximum Gasteiger partial charge on any atom is 0.255 e. The molecule has 1 N–H and O–H groups in total. The van der Waals surface area contributed by atoms with Crippen molar-refractivity contribution < 1.29 is 4.79 Å². The molecule has 0 atom stereocenters. The van der Waals surface area contributed by atoms with Crippen molar-refractivity contribution in [2.24, 2.45) is 0 Å². The van der Waals surface area contributed by atoms with Crippen molar-refractivity contribution in [2.45, 2.75) is 6.92 Å². The van der Waals surface area contributed by atoms with Gasteiger partial charge in [0.2, 0.25) is 0 Å². The molecule has 0 fully saturated rings. The molecule has 19 heavy (non-hydrogen) atoms. The molecule has 2 rings (SSSR count). The molecule has 1 amide bonds. The van der Waals surface area contributed by atoms with Crippen LogP contribution in [0.2, 0.25) is 10.3 Å². The van der Waals surface area contributed by atoms with E-state index in [0.717, 1.165) is 10.0 Å². The van der Waals surface area contributed by atoms with Crippen LogP contribution in [-0.4, -0.2) is 10.9 Å². The highest BCUT2D eigenvalue weighted by Gasteiger charge is 2.12. The number of pyridine rings is 1. The summed E-state index contributed by atoms with van der Waals surface area (Å²) in [6.45, 7) is 1.80. The van der Waals surface area contributed by atoms with Crippen LogP contribution >= 0.6 is 39.1 Å². The number of amides is 1. The number of nitrogens with one attached hydrogen (secondary N) is 1. The minimum absolute atomic E-state index is 0.174. The molecule has 0 saturated heterocycles. The van der Waals surface area contributed by atoms with E-state index in [1.54, 1.807) is 31.2 Å². The van der Waals surface area contributed by atoms with Gasteiger partial charge in [0.1, 0.15) is 5.15 Å². The SMILES string of the molecule is Cc1cc(Cl)nc(Cl)c1NC(=O)c1cccc(Br)c1. The molecular formula is C13H9BrCl2N2O. The van der Waals surface area contributed by atoms with Crippen LogP contribution < -0.4 is 5.32 Å². The molecule has 0 radical (unpaired) electrons. The topological polar surface area (TPSA) is 42.0 Å². The van der Waals surface area contributed by atoms with E-state index in [4.69, 9.17) is 23.2 Å². The largest absolute Gasteiger partial charge is 0.319 e. The molecule has 98 valence electrons. The molecule has 1 aromatic heterocycles. The van der Waals surface area contributed by atoms with E-state index in [1.165, 1.54) is 0 Å². The number of nitrogens with zero attached hydrogens (tertiary/aromatic N) is 1. The monoisotopic (exact) mass is 358 g/mol. The van der Waals surface area contributed by atoms with Gasteiger partial charge in [-0.25, -0.2) is 4.98 Å². The highest BCUT2D eigenvalue weighted by molar-refractivity contribution is 9.10. The lowest BCUT2D eigenvalue weighted by atomic mass is 10.2. The van der Waals surface area contributed by atoms with E-state index in [2.05, 4.69) is 26.2 Å². The Morgan fingerprint density at radius 1 is 1.32 bits per heavy atom. The quantitative estimate of drug-likeness (QED) is 0.789. The molecule has 0 saturated carbocycles. The number of aromatic nitrogens is 1. The van der Waals surface area contributed by atoms with Crippen LogP contribution in [0.25, 0.3) is 0 Å². The van der Waals surface area contributed by atoms with E-state index in [1.807, 2.05) is 6.07 Å². The van der Waals surface area contributed by atoms with E-state index in [0.29, 0.717) is 16.4 Å². The molecule has 1 aromatic carbocycles. The van der Waals surface area contributed by atoms with Crippen LogP contribution in [0.4, 0.5) is 5.69 Å². The van der Waals surface area contributed by atoms with Crippen molar-refractivity contribution in [2.75, 3.05) is 5.32 Å². The minimum atomic E-state index is -0.254. The van der Waals surface area contributed by atoms with E-state index in [-0.39, 0.29) is 11.1 Å². The van der Waals surface area contributed by atoms with Crippen LogP contribution in [0.1, 0.15) is 15.9 Å². The van der Waals surface area contributed by atoms with Crippen molar-refractivity contribution in [3.63, 3.8) is 0 Å². The second-order valence-corrected chi connectivity index (χ2v) is 5.55. The first kappa shape index (κ1) is 14.3. The Labute approximate surface area is 129 Å². The van der Waals surface area contributed by atoms with Gasteiger partial charge in [-0.05, 0) is 36.8 Å². The number of aryl methyl sites for hydroxylation is 1. The van der Waals surface area contributed by atoms with Crippen LogP contribution in [0.5, 0.6) is 0 Å². The van der Waals surface area contributed by atoms with Gasteiger partial charge in [-0.2, -0.15) is 0 Å². The van der Waals surface area contributed by atoms with Gasteiger partial charge in [-0.15, -0.1) is 0 Å². The smallest absolute Gasteiger partial charge is 0.255 e. The molecule has 0 aliphatic heterocycles. The molecule has 2 aromatic rings. The van der Waals surface area contributed by atoms with Crippen LogP contribution in [0, 0.1) is 6.92 Å². The normalized spacial score (nSPS) is 10.3. The summed E-state index contributed by atoms with van der Waals surface area (Å²) in [6.07, 6.45) is 0. The zero-order chi connectivity index (χ0) is 14.0.